The zero-order chi connectivity index (χ0) is 21.0. The number of benzene rings is 1. The number of rotatable bonds is 6. The van der Waals surface area contributed by atoms with Crippen molar-refractivity contribution in [1.29, 1.82) is 0 Å². The highest BCUT2D eigenvalue weighted by atomic mass is 32.2. The summed E-state index contributed by atoms with van der Waals surface area (Å²) in [6.07, 6.45) is 3.34. The Balaban J connectivity index is 1.83. The van der Waals surface area contributed by atoms with Gasteiger partial charge < -0.3 is 14.5 Å². The van der Waals surface area contributed by atoms with E-state index >= 15 is 0 Å². The van der Waals surface area contributed by atoms with Gasteiger partial charge >= 0.3 is 5.97 Å². The molecular formula is C20H23N3O5S. The normalized spacial score (nSPS) is 18.2. The van der Waals surface area contributed by atoms with Gasteiger partial charge in [0.05, 0.1) is 11.3 Å². The highest BCUT2D eigenvalue weighted by molar-refractivity contribution is 7.90. The summed E-state index contributed by atoms with van der Waals surface area (Å²) in [5.74, 6) is -0.827. The van der Waals surface area contributed by atoms with Crippen molar-refractivity contribution >= 4 is 27.7 Å². The highest BCUT2D eigenvalue weighted by Gasteiger charge is 2.31. The van der Waals surface area contributed by atoms with E-state index in [4.69, 9.17) is 4.74 Å². The second kappa shape index (κ2) is 8.60. The van der Waals surface area contributed by atoms with E-state index in [1.54, 1.807) is 34.1 Å². The Hall–Kier alpha value is -2.94. The molecule has 8 nitrogen and oxygen atoms in total. The fraction of sp³-hybridized carbons (Fsp3) is 0.350. The molecule has 1 amide bonds. The molecule has 0 bridgehead atoms. The zero-order valence-electron chi connectivity index (χ0n) is 16.3. The summed E-state index contributed by atoms with van der Waals surface area (Å²) < 4.78 is 32.5. The first-order valence-electron chi connectivity index (χ1n) is 9.38. The van der Waals surface area contributed by atoms with Gasteiger partial charge in [-0.15, -0.1) is 4.40 Å². The van der Waals surface area contributed by atoms with Gasteiger partial charge in [-0.05, 0) is 26.0 Å². The SMILES string of the molecule is CCN(CC)C(=O)[C@@H](OC(=O)C1=CN2CCS(=O)(=O)N=C2C=C1)c1ccccc1. The molecule has 0 aromatic heterocycles. The summed E-state index contributed by atoms with van der Waals surface area (Å²) in [7, 11) is -3.47. The van der Waals surface area contributed by atoms with E-state index in [1.165, 1.54) is 18.4 Å². The zero-order valence-corrected chi connectivity index (χ0v) is 17.1. The monoisotopic (exact) mass is 417 g/mol. The lowest BCUT2D eigenvalue weighted by molar-refractivity contribution is -0.157. The Morgan fingerprint density at radius 2 is 1.86 bits per heavy atom. The van der Waals surface area contributed by atoms with E-state index in [0.29, 0.717) is 18.7 Å². The Morgan fingerprint density at radius 1 is 1.17 bits per heavy atom. The molecule has 0 fully saturated rings. The third-order valence-electron chi connectivity index (χ3n) is 4.69. The second-order valence-corrected chi connectivity index (χ2v) is 8.31. The van der Waals surface area contributed by atoms with E-state index < -0.39 is 22.1 Å². The number of amides is 1. The van der Waals surface area contributed by atoms with Crippen molar-refractivity contribution < 1.29 is 22.7 Å². The van der Waals surface area contributed by atoms with Crippen LogP contribution in [0.25, 0.3) is 0 Å². The number of likely N-dealkylation sites (N-methyl/N-ethyl adjacent to an activating group) is 1. The van der Waals surface area contributed by atoms with Crippen LogP contribution in [0.4, 0.5) is 0 Å². The standard InChI is InChI=1S/C20H23N3O5S/c1-3-22(4-2)19(24)18(15-8-6-5-7-9-15)28-20(25)16-10-11-17-21-29(26,27)13-12-23(17)14-16/h5-11,14,18H,3-4,12-13H2,1-2H3/t18-/m0/s1. The summed E-state index contributed by atoms with van der Waals surface area (Å²) in [5, 5.41) is 0. The maximum absolute atomic E-state index is 12.9. The molecule has 2 aliphatic heterocycles. The van der Waals surface area contributed by atoms with Crippen LogP contribution in [0.2, 0.25) is 0 Å². The number of sulfonamides is 1. The second-order valence-electron chi connectivity index (χ2n) is 6.55. The molecule has 3 rings (SSSR count). The predicted molar refractivity (Wildman–Crippen MR) is 108 cm³/mol. The van der Waals surface area contributed by atoms with Crippen LogP contribution in [0.3, 0.4) is 0 Å². The quantitative estimate of drug-likeness (QED) is 0.653. The number of carbonyl (C=O) groups excluding carboxylic acids is 2. The lowest BCUT2D eigenvalue weighted by Crippen LogP contribution is -2.38. The van der Waals surface area contributed by atoms with Gasteiger partial charge in [0.25, 0.3) is 15.9 Å². The average Bonchev–Trinajstić information content (AvgIpc) is 2.72. The van der Waals surface area contributed by atoms with Crippen LogP contribution in [-0.4, -0.2) is 61.3 Å². The number of fused-ring (bicyclic) bond motifs is 1. The highest BCUT2D eigenvalue weighted by Crippen LogP contribution is 2.24. The summed E-state index contributed by atoms with van der Waals surface area (Å²) >= 11 is 0. The Labute approximate surface area is 170 Å². The largest absolute Gasteiger partial charge is 0.444 e. The lowest BCUT2D eigenvalue weighted by atomic mass is 10.1. The minimum absolute atomic E-state index is 0.129. The van der Waals surface area contributed by atoms with Gasteiger partial charge in [0.2, 0.25) is 6.10 Å². The molecular weight excluding hydrogens is 394 g/mol. The van der Waals surface area contributed by atoms with Crippen LogP contribution < -0.4 is 0 Å². The van der Waals surface area contributed by atoms with Crippen LogP contribution >= 0.6 is 0 Å². The first-order valence-corrected chi connectivity index (χ1v) is 11.0. The maximum Gasteiger partial charge on any atom is 0.340 e. The molecule has 0 radical (unpaired) electrons. The number of carbonyl (C=O) groups is 2. The van der Waals surface area contributed by atoms with E-state index in [0.717, 1.165) is 0 Å². The fourth-order valence-corrected chi connectivity index (χ4v) is 4.06. The van der Waals surface area contributed by atoms with Crippen molar-refractivity contribution in [1.82, 2.24) is 9.80 Å². The van der Waals surface area contributed by atoms with Crippen molar-refractivity contribution in [3.63, 3.8) is 0 Å². The van der Waals surface area contributed by atoms with Crippen LogP contribution in [-0.2, 0) is 24.3 Å². The summed E-state index contributed by atoms with van der Waals surface area (Å²) in [5.41, 5.74) is 0.806. The minimum atomic E-state index is -3.47. The van der Waals surface area contributed by atoms with Crippen molar-refractivity contribution in [3.8, 4) is 0 Å². The maximum atomic E-state index is 12.9. The Bertz CT molecular complexity index is 979. The molecule has 1 atom stereocenters. The van der Waals surface area contributed by atoms with Crippen molar-refractivity contribution in [2.45, 2.75) is 20.0 Å². The summed E-state index contributed by atoms with van der Waals surface area (Å²) in [6.45, 7) is 4.93. The van der Waals surface area contributed by atoms with Gasteiger partial charge in [-0.25, -0.2) is 13.2 Å². The minimum Gasteiger partial charge on any atom is -0.444 e. The van der Waals surface area contributed by atoms with Gasteiger partial charge in [-0.2, -0.15) is 0 Å². The van der Waals surface area contributed by atoms with Gasteiger partial charge in [-0.1, -0.05) is 30.3 Å². The number of nitrogens with zero attached hydrogens (tertiary/aromatic N) is 3. The molecule has 0 saturated carbocycles. The molecule has 9 heteroatoms. The molecule has 1 aromatic carbocycles. The van der Waals surface area contributed by atoms with Crippen LogP contribution in [0.5, 0.6) is 0 Å². The lowest BCUT2D eigenvalue weighted by Gasteiger charge is -2.28. The molecule has 0 N–H and O–H groups in total. The van der Waals surface area contributed by atoms with Gasteiger partial charge in [0.1, 0.15) is 5.84 Å². The molecule has 0 unspecified atom stereocenters. The van der Waals surface area contributed by atoms with Gasteiger partial charge in [0, 0.05) is 31.4 Å². The Morgan fingerprint density at radius 3 is 2.52 bits per heavy atom. The molecule has 29 heavy (non-hydrogen) atoms. The number of amidine groups is 1. The fourth-order valence-electron chi connectivity index (χ4n) is 3.09. The summed E-state index contributed by atoms with van der Waals surface area (Å²) in [6, 6.07) is 8.86. The van der Waals surface area contributed by atoms with E-state index in [1.807, 2.05) is 19.9 Å². The van der Waals surface area contributed by atoms with E-state index in [9.17, 15) is 18.0 Å². The van der Waals surface area contributed by atoms with E-state index in [2.05, 4.69) is 4.40 Å². The molecule has 0 aliphatic carbocycles. The Kier molecular flexibility index (Phi) is 6.17. The number of hydrogen-bond acceptors (Lipinski definition) is 6. The van der Waals surface area contributed by atoms with Crippen LogP contribution in [0.1, 0.15) is 25.5 Å². The summed E-state index contributed by atoms with van der Waals surface area (Å²) in [4.78, 5) is 28.9. The van der Waals surface area contributed by atoms with E-state index in [-0.39, 0.29) is 29.6 Å². The van der Waals surface area contributed by atoms with Gasteiger partial charge in [-0.3, -0.25) is 4.79 Å². The van der Waals surface area contributed by atoms with Crippen molar-refractivity contribution in [2.24, 2.45) is 4.40 Å². The van der Waals surface area contributed by atoms with Crippen LogP contribution in [0.15, 0.2) is 58.7 Å². The van der Waals surface area contributed by atoms with Crippen molar-refractivity contribution in [2.75, 3.05) is 25.4 Å². The van der Waals surface area contributed by atoms with Crippen LogP contribution in [0, 0.1) is 0 Å². The first kappa shape index (κ1) is 20.8. The average molecular weight is 417 g/mol. The first-order chi connectivity index (χ1) is 13.8. The van der Waals surface area contributed by atoms with Gasteiger partial charge in [0.15, 0.2) is 0 Å². The topological polar surface area (TPSA) is 96.4 Å². The molecule has 1 aromatic rings. The molecule has 0 saturated heterocycles. The molecule has 154 valence electrons. The third-order valence-corrected chi connectivity index (χ3v) is 5.85. The molecule has 0 spiro atoms. The number of esters is 1. The number of hydrogen-bond donors (Lipinski definition) is 0. The smallest absolute Gasteiger partial charge is 0.340 e. The third kappa shape index (κ3) is 4.73. The number of ether oxygens (including phenoxy) is 1. The molecule has 2 heterocycles. The van der Waals surface area contributed by atoms with Crippen molar-refractivity contribution in [3.05, 3.63) is 59.8 Å². The molecule has 2 aliphatic rings. The predicted octanol–water partition coefficient (Wildman–Crippen LogP) is 1.64.